The zero-order chi connectivity index (χ0) is 22.2. The van der Waals surface area contributed by atoms with Gasteiger partial charge in [-0.2, -0.15) is 0 Å². The molecule has 0 saturated carbocycles. The molecule has 0 aliphatic heterocycles. The van der Waals surface area contributed by atoms with Crippen molar-refractivity contribution in [2.45, 2.75) is 30.6 Å². The maximum atomic E-state index is 12.5. The molecule has 0 aliphatic rings. The van der Waals surface area contributed by atoms with Gasteiger partial charge >= 0.3 is 0 Å². The number of aliphatic hydroxyl groups excluding tert-OH is 1. The van der Waals surface area contributed by atoms with E-state index in [2.05, 4.69) is 53.5 Å². The van der Waals surface area contributed by atoms with Crippen molar-refractivity contribution in [3.05, 3.63) is 120 Å². The van der Waals surface area contributed by atoms with Crippen LogP contribution in [0.5, 0.6) is 0 Å². The second-order valence-electron chi connectivity index (χ2n) is 7.58. The minimum atomic E-state index is -0.0818. The van der Waals surface area contributed by atoms with Crippen LogP contribution in [0.15, 0.2) is 102 Å². The van der Waals surface area contributed by atoms with E-state index >= 15 is 0 Å². The Morgan fingerprint density at radius 2 is 1.44 bits per heavy atom. The molecule has 0 atom stereocenters. The Bertz CT molecular complexity index is 1090. The summed E-state index contributed by atoms with van der Waals surface area (Å²) in [6.45, 7) is 0.619. The van der Waals surface area contributed by atoms with Crippen molar-refractivity contribution < 1.29 is 9.90 Å². The molecule has 4 nitrogen and oxygen atoms in total. The van der Waals surface area contributed by atoms with Gasteiger partial charge in [0.15, 0.2) is 10.9 Å². The second kappa shape index (κ2) is 10.9. The molecule has 0 saturated heterocycles. The highest BCUT2D eigenvalue weighted by atomic mass is 32.2. The molecule has 0 amide bonds. The van der Waals surface area contributed by atoms with E-state index in [4.69, 9.17) is 0 Å². The van der Waals surface area contributed by atoms with Crippen LogP contribution in [0.1, 0.15) is 39.5 Å². The maximum absolute atomic E-state index is 12.5. The summed E-state index contributed by atoms with van der Waals surface area (Å²) in [5.74, 6) is 0.615. The minimum absolute atomic E-state index is 0.0714. The van der Waals surface area contributed by atoms with Crippen LogP contribution in [0.4, 0.5) is 0 Å². The van der Waals surface area contributed by atoms with Crippen molar-refractivity contribution in [3.63, 3.8) is 0 Å². The van der Waals surface area contributed by atoms with Crippen LogP contribution in [-0.4, -0.2) is 26.2 Å². The highest BCUT2D eigenvalue weighted by Gasteiger charge is 2.17. The van der Waals surface area contributed by atoms with Gasteiger partial charge in [0, 0.05) is 18.0 Å². The highest BCUT2D eigenvalue weighted by molar-refractivity contribution is 7.99. The maximum Gasteiger partial charge on any atom is 0.173 e. The number of nitrogens with zero attached hydrogens (tertiary/aromatic N) is 2. The summed E-state index contributed by atoms with van der Waals surface area (Å²) >= 11 is 1.42. The first-order valence-corrected chi connectivity index (χ1v) is 11.7. The largest absolute Gasteiger partial charge is 0.390 e. The third-order valence-corrected chi connectivity index (χ3v) is 6.53. The fourth-order valence-electron chi connectivity index (χ4n) is 3.86. The van der Waals surface area contributed by atoms with E-state index in [0.29, 0.717) is 17.9 Å². The molecule has 0 radical (unpaired) electrons. The van der Waals surface area contributed by atoms with E-state index in [1.54, 1.807) is 6.20 Å². The lowest BCUT2D eigenvalue weighted by atomic mass is 9.88. The van der Waals surface area contributed by atoms with Gasteiger partial charge < -0.3 is 9.67 Å². The first-order chi connectivity index (χ1) is 15.8. The molecule has 0 bridgehead atoms. The van der Waals surface area contributed by atoms with E-state index in [9.17, 15) is 9.90 Å². The number of thioether (sulfide) groups is 1. The van der Waals surface area contributed by atoms with Gasteiger partial charge in [0.2, 0.25) is 0 Å². The lowest BCUT2D eigenvalue weighted by Gasteiger charge is -2.20. The van der Waals surface area contributed by atoms with Gasteiger partial charge in [-0.15, -0.1) is 0 Å². The van der Waals surface area contributed by atoms with Gasteiger partial charge in [-0.1, -0.05) is 103 Å². The Kier molecular flexibility index (Phi) is 7.54. The summed E-state index contributed by atoms with van der Waals surface area (Å²) in [5, 5.41) is 10.6. The number of carbonyl (C=O) groups excluding carboxylic acids is 1. The smallest absolute Gasteiger partial charge is 0.173 e. The first kappa shape index (κ1) is 22.1. The molecule has 1 N–H and O–H groups in total. The van der Waals surface area contributed by atoms with Gasteiger partial charge in [-0.05, 0) is 17.5 Å². The van der Waals surface area contributed by atoms with Crippen molar-refractivity contribution in [3.8, 4) is 0 Å². The molecule has 1 heterocycles. The Morgan fingerprint density at radius 3 is 2.00 bits per heavy atom. The number of carbonyl (C=O) groups is 1. The number of aliphatic hydroxyl groups is 1. The fourth-order valence-corrected chi connectivity index (χ4v) is 4.78. The SMILES string of the molecule is O=C(CSc1ncc(CO)n1CCC(c1ccccc1)c1ccccc1)c1ccccc1. The van der Waals surface area contributed by atoms with Crippen LogP contribution in [-0.2, 0) is 13.2 Å². The summed E-state index contributed by atoms with van der Waals surface area (Å²) in [6.07, 6.45) is 2.56. The third-order valence-electron chi connectivity index (χ3n) is 5.54. The van der Waals surface area contributed by atoms with E-state index in [0.717, 1.165) is 17.3 Å². The normalized spacial score (nSPS) is 11.1. The van der Waals surface area contributed by atoms with Crippen LogP contribution >= 0.6 is 11.8 Å². The van der Waals surface area contributed by atoms with Crippen LogP contribution in [0, 0.1) is 0 Å². The Hall–Kier alpha value is -3.15. The average molecular weight is 443 g/mol. The van der Waals surface area contributed by atoms with Crippen LogP contribution in [0.25, 0.3) is 0 Å². The van der Waals surface area contributed by atoms with Crippen molar-refractivity contribution in [1.29, 1.82) is 0 Å². The first-order valence-electron chi connectivity index (χ1n) is 10.7. The summed E-state index contributed by atoms with van der Waals surface area (Å²) < 4.78 is 2.04. The average Bonchev–Trinajstić information content (AvgIpc) is 3.26. The molecule has 0 fully saturated rings. The zero-order valence-corrected chi connectivity index (χ0v) is 18.6. The number of hydrogen-bond acceptors (Lipinski definition) is 4. The predicted molar refractivity (Wildman–Crippen MR) is 129 cm³/mol. The lowest BCUT2D eigenvalue weighted by molar-refractivity contribution is 0.102. The van der Waals surface area contributed by atoms with Crippen molar-refractivity contribution in [1.82, 2.24) is 9.55 Å². The highest BCUT2D eigenvalue weighted by Crippen LogP contribution is 2.30. The number of aromatic nitrogens is 2. The molecule has 0 unspecified atom stereocenters. The Morgan fingerprint density at radius 1 is 0.875 bits per heavy atom. The Balaban J connectivity index is 1.51. The van der Waals surface area contributed by atoms with E-state index in [1.807, 2.05) is 47.0 Å². The molecule has 0 spiro atoms. The van der Waals surface area contributed by atoms with Crippen LogP contribution in [0.3, 0.4) is 0 Å². The molecule has 32 heavy (non-hydrogen) atoms. The van der Waals surface area contributed by atoms with E-state index in [1.165, 1.54) is 22.9 Å². The molecule has 4 aromatic rings. The number of rotatable bonds is 10. The molecule has 3 aromatic carbocycles. The van der Waals surface area contributed by atoms with Gasteiger partial charge in [0.1, 0.15) is 0 Å². The summed E-state index contributed by atoms with van der Waals surface area (Å²) in [4.78, 5) is 17.0. The van der Waals surface area contributed by atoms with Crippen molar-refractivity contribution in [2.75, 3.05) is 5.75 Å². The molecule has 162 valence electrons. The fraction of sp³-hybridized carbons (Fsp3) is 0.185. The molecule has 1 aromatic heterocycles. The number of ketones is 1. The molecular weight excluding hydrogens is 416 g/mol. The summed E-state index contributed by atoms with van der Waals surface area (Å²) in [5.41, 5.74) is 3.99. The van der Waals surface area contributed by atoms with Crippen molar-refractivity contribution >= 4 is 17.5 Å². The molecule has 4 rings (SSSR count). The van der Waals surface area contributed by atoms with Crippen molar-refractivity contribution in [2.24, 2.45) is 0 Å². The van der Waals surface area contributed by atoms with Gasteiger partial charge in [0.05, 0.1) is 24.3 Å². The summed E-state index contributed by atoms with van der Waals surface area (Å²) in [7, 11) is 0. The lowest BCUT2D eigenvalue weighted by Crippen LogP contribution is -2.11. The van der Waals surface area contributed by atoms with Gasteiger partial charge in [0.25, 0.3) is 0 Å². The second-order valence-corrected chi connectivity index (χ2v) is 8.52. The van der Waals surface area contributed by atoms with E-state index in [-0.39, 0.29) is 18.3 Å². The number of hydrogen-bond donors (Lipinski definition) is 1. The standard InChI is InChI=1S/C27H26N2O2S/c30-19-24-18-28-27(32-20-26(31)23-14-8-3-9-15-23)29(24)17-16-25(21-10-4-1-5-11-21)22-12-6-2-7-13-22/h1-15,18,25,30H,16-17,19-20H2. The van der Waals surface area contributed by atoms with Crippen LogP contribution < -0.4 is 0 Å². The predicted octanol–water partition coefficient (Wildman–Crippen LogP) is 5.57. The van der Waals surface area contributed by atoms with E-state index < -0.39 is 0 Å². The molecule has 5 heteroatoms. The third kappa shape index (κ3) is 5.36. The zero-order valence-electron chi connectivity index (χ0n) is 17.8. The van der Waals surface area contributed by atoms with Gasteiger partial charge in [-0.25, -0.2) is 4.98 Å². The monoisotopic (exact) mass is 442 g/mol. The van der Waals surface area contributed by atoms with Gasteiger partial charge in [-0.3, -0.25) is 4.79 Å². The molecular formula is C27H26N2O2S. The minimum Gasteiger partial charge on any atom is -0.390 e. The Labute approximate surface area is 193 Å². The topological polar surface area (TPSA) is 55.1 Å². The summed E-state index contributed by atoms with van der Waals surface area (Å²) in [6, 6.07) is 30.3. The number of imidazole rings is 1. The number of benzene rings is 3. The number of Topliss-reactive ketones (excluding diaryl/α,β-unsaturated/α-hetero) is 1. The van der Waals surface area contributed by atoms with Crippen LogP contribution in [0.2, 0.25) is 0 Å². The quantitative estimate of drug-likeness (QED) is 0.258. The molecule has 0 aliphatic carbocycles.